The topological polar surface area (TPSA) is 25.8 Å². The maximum absolute atomic E-state index is 5.23. The van der Waals surface area contributed by atoms with Crippen molar-refractivity contribution in [3.05, 3.63) is 181 Å². The fourth-order valence-electron chi connectivity index (χ4n) is 7.75. The Labute approximate surface area is 296 Å². The maximum atomic E-state index is 5.23. The Hall–Kier alpha value is -6.64. The van der Waals surface area contributed by atoms with Crippen LogP contribution in [0.1, 0.15) is 17.5 Å². The number of hydrogen-bond acceptors (Lipinski definition) is 2. The molecule has 9 aromatic rings. The first-order chi connectivity index (χ1) is 25.3. The molecule has 7 aromatic carbocycles. The molecule has 1 aliphatic carbocycles. The molecule has 0 amide bonds. The predicted molar refractivity (Wildman–Crippen MR) is 216 cm³/mol. The molecule has 0 spiro atoms. The summed E-state index contributed by atoms with van der Waals surface area (Å²) in [5, 5.41) is 7.19. The lowest BCUT2D eigenvalue weighted by Gasteiger charge is -2.20. The second-order valence-electron chi connectivity index (χ2n) is 13.3. The first-order valence-electron chi connectivity index (χ1n) is 17.6. The second-order valence-corrected chi connectivity index (χ2v) is 13.3. The van der Waals surface area contributed by atoms with Crippen LogP contribution >= 0.6 is 0 Å². The Morgan fingerprint density at radius 3 is 1.47 bits per heavy atom. The molecule has 0 bridgehead atoms. The van der Waals surface area contributed by atoms with Crippen LogP contribution in [0.2, 0.25) is 0 Å². The van der Waals surface area contributed by atoms with Crippen molar-refractivity contribution < 1.29 is 0 Å². The van der Waals surface area contributed by atoms with Gasteiger partial charge in [-0.15, -0.1) is 0 Å². The van der Waals surface area contributed by atoms with E-state index in [0.717, 1.165) is 50.7 Å². The van der Waals surface area contributed by atoms with Gasteiger partial charge in [-0.1, -0.05) is 164 Å². The zero-order chi connectivity index (χ0) is 33.7. The second kappa shape index (κ2) is 12.0. The van der Waals surface area contributed by atoms with E-state index in [-0.39, 0.29) is 0 Å². The molecule has 0 saturated carbocycles. The SMILES string of the molecule is C1=Cc2c(c(-c3ccc4ccccc4c3)c3ccccc3c2-c2ccc(-c3ccc4ccc5ccc(-c6ccccc6)nc5c4n3)cc2)C=CC1. The molecule has 10 rings (SSSR count). The molecule has 0 atom stereocenters. The van der Waals surface area contributed by atoms with Gasteiger partial charge in [0, 0.05) is 21.9 Å². The quantitative estimate of drug-likeness (QED) is 0.178. The van der Waals surface area contributed by atoms with Gasteiger partial charge in [0.15, 0.2) is 0 Å². The highest BCUT2D eigenvalue weighted by molar-refractivity contribution is 6.12. The molecule has 2 heterocycles. The van der Waals surface area contributed by atoms with Gasteiger partial charge in [-0.2, -0.15) is 0 Å². The molecule has 51 heavy (non-hydrogen) atoms. The molecular formula is C49H32N2. The molecule has 2 heteroatoms. The molecule has 0 unspecified atom stereocenters. The number of pyridine rings is 2. The molecule has 0 saturated heterocycles. The first kappa shape index (κ1) is 29.3. The van der Waals surface area contributed by atoms with E-state index in [4.69, 9.17) is 9.97 Å². The maximum Gasteiger partial charge on any atom is 0.0972 e. The van der Waals surface area contributed by atoms with Crippen LogP contribution in [0, 0.1) is 0 Å². The minimum atomic E-state index is 0.907. The van der Waals surface area contributed by atoms with E-state index < -0.39 is 0 Å². The van der Waals surface area contributed by atoms with Crippen LogP contribution in [-0.2, 0) is 0 Å². The van der Waals surface area contributed by atoms with Crippen molar-refractivity contribution in [2.45, 2.75) is 6.42 Å². The molecule has 2 nitrogen and oxygen atoms in total. The van der Waals surface area contributed by atoms with Gasteiger partial charge in [0.1, 0.15) is 0 Å². The van der Waals surface area contributed by atoms with Gasteiger partial charge in [0.25, 0.3) is 0 Å². The monoisotopic (exact) mass is 648 g/mol. The molecule has 1 aliphatic rings. The van der Waals surface area contributed by atoms with Crippen molar-refractivity contribution in [3.63, 3.8) is 0 Å². The third kappa shape index (κ3) is 5.04. The number of benzene rings is 7. The Kier molecular flexibility index (Phi) is 6.92. The summed E-state index contributed by atoms with van der Waals surface area (Å²) in [5.74, 6) is 0. The van der Waals surface area contributed by atoms with Crippen LogP contribution in [0.3, 0.4) is 0 Å². The smallest absolute Gasteiger partial charge is 0.0972 e. The van der Waals surface area contributed by atoms with Crippen LogP contribution in [0.15, 0.2) is 170 Å². The zero-order valence-corrected chi connectivity index (χ0v) is 27.9. The van der Waals surface area contributed by atoms with Crippen molar-refractivity contribution in [2.75, 3.05) is 0 Å². The van der Waals surface area contributed by atoms with Crippen LogP contribution in [0.4, 0.5) is 0 Å². The van der Waals surface area contributed by atoms with Gasteiger partial charge in [-0.3, -0.25) is 0 Å². The number of allylic oxidation sites excluding steroid dienone is 2. The molecule has 2 aromatic heterocycles. The summed E-state index contributed by atoms with van der Waals surface area (Å²) >= 11 is 0. The lowest BCUT2D eigenvalue weighted by atomic mass is 9.83. The van der Waals surface area contributed by atoms with Gasteiger partial charge < -0.3 is 0 Å². The van der Waals surface area contributed by atoms with Gasteiger partial charge >= 0.3 is 0 Å². The minimum Gasteiger partial charge on any atom is -0.245 e. The summed E-state index contributed by atoms with van der Waals surface area (Å²) in [6, 6.07) is 56.4. The third-order valence-corrected chi connectivity index (χ3v) is 10.2. The average Bonchev–Trinajstić information content (AvgIpc) is 3.45. The highest BCUT2D eigenvalue weighted by Gasteiger charge is 2.20. The fourth-order valence-corrected chi connectivity index (χ4v) is 7.75. The number of nitrogens with zero attached hydrogens (tertiary/aromatic N) is 2. The van der Waals surface area contributed by atoms with E-state index in [1.807, 2.05) is 6.07 Å². The predicted octanol–water partition coefficient (Wildman–Crippen LogP) is 13.2. The molecule has 0 fully saturated rings. The summed E-state index contributed by atoms with van der Waals surface area (Å²) < 4.78 is 0. The summed E-state index contributed by atoms with van der Waals surface area (Å²) in [4.78, 5) is 10.3. The highest BCUT2D eigenvalue weighted by atomic mass is 14.8. The van der Waals surface area contributed by atoms with Crippen LogP contribution in [0.5, 0.6) is 0 Å². The number of rotatable bonds is 4. The fraction of sp³-hybridized carbons (Fsp3) is 0.0204. The Morgan fingerprint density at radius 1 is 0.353 bits per heavy atom. The standard InChI is InChI=1S/C49H32N2/c1-3-12-33(13-4-1)44-29-27-36-24-25-37-28-30-45(51-49(37)48(36)50-44)34-20-22-35(23-21-34)46-40-15-5-2-6-16-42(40)47(43-18-10-9-17-41(43)46)39-26-19-32-11-7-8-14-38(32)31-39/h1,3-31H,2H2. The number of fused-ring (bicyclic) bond motifs is 6. The lowest BCUT2D eigenvalue weighted by Crippen LogP contribution is -1.96. The van der Waals surface area contributed by atoms with Crippen LogP contribution in [0.25, 0.3) is 100 Å². The molecular weight excluding hydrogens is 617 g/mol. The van der Waals surface area contributed by atoms with Crippen molar-refractivity contribution in [1.82, 2.24) is 9.97 Å². The Morgan fingerprint density at radius 2 is 0.824 bits per heavy atom. The molecule has 0 N–H and O–H groups in total. The molecule has 238 valence electrons. The van der Waals surface area contributed by atoms with Crippen molar-refractivity contribution in [3.8, 4) is 44.8 Å². The first-order valence-corrected chi connectivity index (χ1v) is 17.6. The van der Waals surface area contributed by atoms with Crippen LogP contribution < -0.4 is 0 Å². The zero-order valence-electron chi connectivity index (χ0n) is 27.9. The molecule has 0 aliphatic heterocycles. The molecule has 0 radical (unpaired) electrons. The van der Waals surface area contributed by atoms with Crippen LogP contribution in [-0.4, -0.2) is 9.97 Å². The number of hydrogen-bond donors (Lipinski definition) is 0. The summed E-state index contributed by atoms with van der Waals surface area (Å²) in [7, 11) is 0. The van der Waals surface area contributed by atoms with Crippen molar-refractivity contribution >= 4 is 55.5 Å². The van der Waals surface area contributed by atoms with E-state index in [1.54, 1.807) is 0 Å². The summed E-state index contributed by atoms with van der Waals surface area (Å²) in [5.41, 5.74) is 13.4. The van der Waals surface area contributed by atoms with Gasteiger partial charge in [-0.25, -0.2) is 9.97 Å². The third-order valence-electron chi connectivity index (χ3n) is 10.2. The Balaban J connectivity index is 1.11. The van der Waals surface area contributed by atoms with E-state index >= 15 is 0 Å². The summed E-state index contributed by atoms with van der Waals surface area (Å²) in [6.45, 7) is 0. The van der Waals surface area contributed by atoms with Gasteiger partial charge in [0.2, 0.25) is 0 Å². The van der Waals surface area contributed by atoms with E-state index in [2.05, 4.69) is 176 Å². The van der Waals surface area contributed by atoms with Gasteiger partial charge in [-0.05, 0) is 79.5 Å². The van der Waals surface area contributed by atoms with E-state index in [1.165, 1.54) is 54.9 Å². The lowest BCUT2D eigenvalue weighted by molar-refractivity contribution is 1.36. The van der Waals surface area contributed by atoms with Crippen molar-refractivity contribution in [1.29, 1.82) is 0 Å². The highest BCUT2D eigenvalue weighted by Crippen LogP contribution is 2.45. The van der Waals surface area contributed by atoms with Crippen molar-refractivity contribution in [2.24, 2.45) is 0 Å². The summed E-state index contributed by atoms with van der Waals surface area (Å²) in [6.07, 6.45) is 10.1. The van der Waals surface area contributed by atoms with E-state index in [9.17, 15) is 0 Å². The normalized spacial score (nSPS) is 12.5. The number of aromatic nitrogens is 2. The van der Waals surface area contributed by atoms with E-state index in [0.29, 0.717) is 0 Å². The largest absolute Gasteiger partial charge is 0.245 e. The Bertz CT molecular complexity index is 2860. The average molecular weight is 649 g/mol. The van der Waals surface area contributed by atoms with Gasteiger partial charge in [0.05, 0.1) is 22.4 Å². The minimum absolute atomic E-state index is 0.907.